The second-order valence-electron chi connectivity index (χ2n) is 5.37. The van der Waals surface area contributed by atoms with Crippen LogP contribution in [0.2, 0.25) is 0 Å². The topological polar surface area (TPSA) is 25.2 Å². The number of fused-ring (bicyclic) bond motifs is 1. The summed E-state index contributed by atoms with van der Waals surface area (Å²) in [6.07, 6.45) is 6.46. The van der Waals surface area contributed by atoms with Crippen LogP contribution < -0.4 is 5.32 Å². The van der Waals surface area contributed by atoms with Gasteiger partial charge in [-0.25, -0.2) is 0 Å². The monoisotopic (exact) mass is 255 g/mol. The Balaban J connectivity index is 1.58. The molecular formula is C17H21NO. The van der Waals surface area contributed by atoms with E-state index in [-0.39, 0.29) is 0 Å². The third-order valence-corrected chi connectivity index (χ3v) is 4.10. The normalized spacial score (nSPS) is 18.3. The summed E-state index contributed by atoms with van der Waals surface area (Å²) in [6.45, 7) is 3.21. The number of aryl methyl sites for hydroxylation is 2. The van der Waals surface area contributed by atoms with Gasteiger partial charge in [-0.1, -0.05) is 24.3 Å². The van der Waals surface area contributed by atoms with Crippen molar-refractivity contribution in [3.05, 3.63) is 59.0 Å². The highest BCUT2D eigenvalue weighted by Gasteiger charge is 2.21. The minimum atomic E-state index is 0.478. The molecule has 1 N–H and O–H groups in total. The lowest BCUT2D eigenvalue weighted by Crippen LogP contribution is -2.26. The smallest absolute Gasteiger partial charge is 0.108 e. The molecule has 1 aromatic heterocycles. The van der Waals surface area contributed by atoms with E-state index in [2.05, 4.69) is 42.6 Å². The fourth-order valence-electron chi connectivity index (χ4n) is 2.97. The molecule has 19 heavy (non-hydrogen) atoms. The molecule has 0 fully saturated rings. The van der Waals surface area contributed by atoms with Gasteiger partial charge in [0, 0.05) is 18.0 Å². The maximum absolute atomic E-state index is 5.53. The van der Waals surface area contributed by atoms with Crippen molar-refractivity contribution in [2.75, 3.05) is 6.54 Å². The Bertz CT molecular complexity index is 544. The van der Waals surface area contributed by atoms with Crippen molar-refractivity contribution in [3.63, 3.8) is 0 Å². The van der Waals surface area contributed by atoms with Gasteiger partial charge in [0.1, 0.15) is 5.76 Å². The maximum Gasteiger partial charge on any atom is 0.108 e. The van der Waals surface area contributed by atoms with Gasteiger partial charge in [-0.15, -0.1) is 0 Å². The van der Waals surface area contributed by atoms with E-state index in [1.54, 1.807) is 0 Å². The number of rotatable bonds is 4. The molecule has 1 aliphatic carbocycles. The standard InChI is InChI=1S/C17H21NO/c1-13-5-2-3-6-14(13)9-11-18-16-7-4-8-17-15(16)10-12-19-17/h2-3,5-6,10,12,16,18H,4,7-9,11H2,1H3. The predicted octanol–water partition coefficient (Wildman–Crippen LogP) is 3.80. The molecule has 3 rings (SSSR count). The highest BCUT2D eigenvalue weighted by molar-refractivity contribution is 5.26. The molecule has 2 nitrogen and oxygen atoms in total. The zero-order valence-corrected chi connectivity index (χ0v) is 11.5. The van der Waals surface area contributed by atoms with Gasteiger partial charge in [-0.05, 0) is 49.9 Å². The highest BCUT2D eigenvalue weighted by atomic mass is 16.3. The average molecular weight is 255 g/mol. The first-order valence-corrected chi connectivity index (χ1v) is 7.19. The summed E-state index contributed by atoms with van der Waals surface area (Å²) in [5, 5.41) is 3.68. The first-order chi connectivity index (χ1) is 9.34. The lowest BCUT2D eigenvalue weighted by molar-refractivity contribution is 0.413. The second kappa shape index (κ2) is 5.62. The van der Waals surface area contributed by atoms with Crippen LogP contribution >= 0.6 is 0 Å². The number of hydrogen-bond acceptors (Lipinski definition) is 2. The molecule has 1 aromatic carbocycles. The number of furan rings is 1. The van der Waals surface area contributed by atoms with Gasteiger partial charge >= 0.3 is 0 Å². The third kappa shape index (κ3) is 2.74. The SMILES string of the molecule is Cc1ccccc1CCNC1CCCc2occc21. The van der Waals surface area contributed by atoms with E-state index in [1.807, 2.05) is 6.26 Å². The van der Waals surface area contributed by atoms with Crippen molar-refractivity contribution >= 4 is 0 Å². The second-order valence-corrected chi connectivity index (χ2v) is 5.37. The third-order valence-electron chi connectivity index (χ3n) is 4.10. The highest BCUT2D eigenvalue weighted by Crippen LogP contribution is 2.30. The van der Waals surface area contributed by atoms with Gasteiger partial charge in [0.15, 0.2) is 0 Å². The molecule has 0 aliphatic heterocycles. The minimum Gasteiger partial charge on any atom is -0.469 e. The molecule has 0 bridgehead atoms. The fraction of sp³-hybridized carbons (Fsp3) is 0.412. The van der Waals surface area contributed by atoms with Crippen LogP contribution in [0.25, 0.3) is 0 Å². The molecule has 1 aliphatic rings. The summed E-state index contributed by atoms with van der Waals surface area (Å²) >= 11 is 0. The quantitative estimate of drug-likeness (QED) is 0.899. The molecule has 100 valence electrons. The summed E-state index contributed by atoms with van der Waals surface area (Å²) < 4.78 is 5.53. The van der Waals surface area contributed by atoms with Gasteiger partial charge in [0.05, 0.1) is 6.26 Å². The Kier molecular flexibility index (Phi) is 3.69. The Morgan fingerprint density at radius 1 is 1.26 bits per heavy atom. The molecule has 0 saturated carbocycles. The summed E-state index contributed by atoms with van der Waals surface area (Å²) in [5.74, 6) is 1.18. The van der Waals surface area contributed by atoms with E-state index in [1.165, 1.54) is 35.3 Å². The van der Waals surface area contributed by atoms with Crippen molar-refractivity contribution in [1.29, 1.82) is 0 Å². The van der Waals surface area contributed by atoms with Crippen LogP contribution in [0.4, 0.5) is 0 Å². The van der Waals surface area contributed by atoms with E-state index in [4.69, 9.17) is 4.42 Å². The van der Waals surface area contributed by atoms with Crippen LogP contribution in [-0.4, -0.2) is 6.54 Å². The van der Waals surface area contributed by atoms with Crippen LogP contribution in [0.5, 0.6) is 0 Å². The Labute approximate surface area is 114 Å². The summed E-state index contributed by atoms with van der Waals surface area (Å²) in [5.41, 5.74) is 4.20. The maximum atomic E-state index is 5.53. The number of nitrogens with one attached hydrogen (secondary N) is 1. The first-order valence-electron chi connectivity index (χ1n) is 7.19. The van der Waals surface area contributed by atoms with Gasteiger partial charge < -0.3 is 9.73 Å². The molecule has 1 heterocycles. The zero-order valence-electron chi connectivity index (χ0n) is 11.5. The van der Waals surface area contributed by atoms with E-state index in [0.29, 0.717) is 6.04 Å². The molecule has 2 heteroatoms. The largest absolute Gasteiger partial charge is 0.469 e. The average Bonchev–Trinajstić information content (AvgIpc) is 2.90. The van der Waals surface area contributed by atoms with Gasteiger partial charge in [-0.3, -0.25) is 0 Å². The Morgan fingerprint density at radius 2 is 2.16 bits per heavy atom. The summed E-state index contributed by atoms with van der Waals surface area (Å²) in [4.78, 5) is 0. The van der Waals surface area contributed by atoms with Crippen molar-refractivity contribution < 1.29 is 4.42 Å². The number of benzene rings is 1. The van der Waals surface area contributed by atoms with E-state index >= 15 is 0 Å². The summed E-state index contributed by atoms with van der Waals surface area (Å²) in [7, 11) is 0. The van der Waals surface area contributed by atoms with Crippen LogP contribution in [-0.2, 0) is 12.8 Å². The first kappa shape index (κ1) is 12.5. The van der Waals surface area contributed by atoms with Gasteiger partial charge in [0.25, 0.3) is 0 Å². The van der Waals surface area contributed by atoms with Crippen LogP contribution in [0.3, 0.4) is 0 Å². The van der Waals surface area contributed by atoms with Crippen molar-refractivity contribution in [3.8, 4) is 0 Å². The van der Waals surface area contributed by atoms with Crippen LogP contribution in [0, 0.1) is 6.92 Å². The number of hydrogen-bond donors (Lipinski definition) is 1. The lowest BCUT2D eigenvalue weighted by atomic mass is 9.93. The van der Waals surface area contributed by atoms with Crippen molar-refractivity contribution in [2.45, 2.75) is 38.6 Å². The molecular weight excluding hydrogens is 234 g/mol. The lowest BCUT2D eigenvalue weighted by Gasteiger charge is -2.23. The summed E-state index contributed by atoms with van der Waals surface area (Å²) in [6, 6.07) is 11.2. The van der Waals surface area contributed by atoms with Gasteiger partial charge in [0.2, 0.25) is 0 Å². The van der Waals surface area contributed by atoms with E-state index in [9.17, 15) is 0 Å². The van der Waals surface area contributed by atoms with E-state index < -0.39 is 0 Å². The Morgan fingerprint density at radius 3 is 3.05 bits per heavy atom. The zero-order chi connectivity index (χ0) is 13.1. The molecule has 0 spiro atoms. The van der Waals surface area contributed by atoms with Crippen LogP contribution in [0.1, 0.15) is 41.3 Å². The minimum absolute atomic E-state index is 0.478. The molecule has 2 aromatic rings. The van der Waals surface area contributed by atoms with Gasteiger partial charge in [-0.2, -0.15) is 0 Å². The Hall–Kier alpha value is -1.54. The molecule has 0 amide bonds. The predicted molar refractivity (Wildman–Crippen MR) is 77.3 cm³/mol. The van der Waals surface area contributed by atoms with Crippen molar-refractivity contribution in [2.24, 2.45) is 0 Å². The van der Waals surface area contributed by atoms with Crippen molar-refractivity contribution in [1.82, 2.24) is 5.32 Å². The molecule has 1 unspecified atom stereocenters. The molecule has 0 saturated heterocycles. The van der Waals surface area contributed by atoms with Crippen LogP contribution in [0.15, 0.2) is 41.0 Å². The fourth-order valence-corrected chi connectivity index (χ4v) is 2.97. The molecule has 0 radical (unpaired) electrons. The van der Waals surface area contributed by atoms with E-state index in [0.717, 1.165) is 19.4 Å². The molecule has 1 atom stereocenters.